The van der Waals surface area contributed by atoms with E-state index in [-0.39, 0.29) is 11.3 Å². The van der Waals surface area contributed by atoms with Crippen molar-refractivity contribution in [2.45, 2.75) is 30.6 Å². The largest absolute Gasteiger partial charge is 0.328 e. The molecule has 0 heterocycles. The molecular formula is C7H16N2O2S. The first kappa shape index (κ1) is 9.95. The summed E-state index contributed by atoms with van der Waals surface area (Å²) in [5.41, 5.74) is 5.64. The van der Waals surface area contributed by atoms with Gasteiger partial charge < -0.3 is 5.73 Å². The molecule has 0 spiro atoms. The molecule has 0 aromatic rings. The minimum atomic E-state index is -3.06. The van der Waals surface area contributed by atoms with Gasteiger partial charge in [-0.3, -0.25) is 0 Å². The van der Waals surface area contributed by atoms with Crippen LogP contribution in [0.5, 0.6) is 0 Å². The molecule has 1 saturated carbocycles. The summed E-state index contributed by atoms with van der Waals surface area (Å²) in [6, 6.07) is 0.0738. The van der Waals surface area contributed by atoms with Gasteiger partial charge in [-0.2, -0.15) is 0 Å². The number of nitrogens with zero attached hydrogens (tertiary/aromatic N) is 1. The second kappa shape index (κ2) is 3.32. The van der Waals surface area contributed by atoms with Crippen molar-refractivity contribution in [1.29, 1.82) is 0 Å². The molecule has 1 rings (SSSR count). The molecule has 4 nitrogen and oxygen atoms in total. The highest BCUT2D eigenvalue weighted by Gasteiger charge is 2.33. The summed E-state index contributed by atoms with van der Waals surface area (Å²) in [6.45, 7) is 0. The third-order valence-corrected chi connectivity index (χ3v) is 4.64. The predicted octanol–water partition coefficient (Wildman–Crippen LogP) is -0.242. The van der Waals surface area contributed by atoms with Gasteiger partial charge in [0.15, 0.2) is 0 Å². The second-order valence-electron chi connectivity index (χ2n) is 3.52. The molecule has 0 radical (unpaired) electrons. The Hall–Kier alpha value is -0.130. The van der Waals surface area contributed by atoms with Crippen molar-refractivity contribution in [3.8, 4) is 0 Å². The zero-order valence-electron chi connectivity index (χ0n) is 7.53. The summed E-state index contributed by atoms with van der Waals surface area (Å²) in [5.74, 6) is 0. The first-order valence-electron chi connectivity index (χ1n) is 4.11. The lowest BCUT2D eigenvalue weighted by Crippen LogP contribution is -2.32. The number of nitrogens with two attached hydrogens (primary N) is 1. The Morgan fingerprint density at radius 3 is 2.25 bits per heavy atom. The summed E-state index contributed by atoms with van der Waals surface area (Å²) in [5, 5.41) is -0.248. The Labute approximate surface area is 73.8 Å². The lowest BCUT2D eigenvalue weighted by Gasteiger charge is -2.16. The van der Waals surface area contributed by atoms with E-state index in [1.807, 2.05) is 0 Å². The molecule has 1 aliphatic rings. The summed E-state index contributed by atoms with van der Waals surface area (Å²) >= 11 is 0. The molecule has 0 aromatic carbocycles. The van der Waals surface area contributed by atoms with Gasteiger partial charge in [0, 0.05) is 20.1 Å². The van der Waals surface area contributed by atoms with Gasteiger partial charge >= 0.3 is 0 Å². The van der Waals surface area contributed by atoms with Gasteiger partial charge in [-0.05, 0) is 19.3 Å². The van der Waals surface area contributed by atoms with E-state index in [0.29, 0.717) is 12.8 Å². The molecular weight excluding hydrogens is 176 g/mol. The lowest BCUT2D eigenvalue weighted by molar-refractivity contribution is 0.503. The van der Waals surface area contributed by atoms with Crippen LogP contribution in [0, 0.1) is 0 Å². The number of rotatable bonds is 2. The van der Waals surface area contributed by atoms with E-state index in [9.17, 15) is 8.42 Å². The van der Waals surface area contributed by atoms with Gasteiger partial charge in [-0.25, -0.2) is 12.7 Å². The van der Waals surface area contributed by atoms with Crippen LogP contribution in [-0.2, 0) is 10.0 Å². The quantitative estimate of drug-likeness (QED) is 0.656. The Kier molecular flexibility index (Phi) is 2.75. The van der Waals surface area contributed by atoms with E-state index < -0.39 is 10.0 Å². The smallest absolute Gasteiger partial charge is 0.216 e. The first-order valence-corrected chi connectivity index (χ1v) is 5.62. The molecule has 5 heteroatoms. The van der Waals surface area contributed by atoms with Crippen LogP contribution in [0.2, 0.25) is 0 Å². The average molecular weight is 192 g/mol. The highest BCUT2D eigenvalue weighted by molar-refractivity contribution is 7.89. The van der Waals surface area contributed by atoms with E-state index >= 15 is 0 Å². The van der Waals surface area contributed by atoms with Crippen molar-refractivity contribution < 1.29 is 8.42 Å². The molecule has 0 amide bonds. The van der Waals surface area contributed by atoms with E-state index in [4.69, 9.17) is 5.73 Å². The van der Waals surface area contributed by atoms with Crippen molar-refractivity contribution in [1.82, 2.24) is 4.31 Å². The maximum absolute atomic E-state index is 11.5. The molecule has 2 atom stereocenters. The summed E-state index contributed by atoms with van der Waals surface area (Å²) in [4.78, 5) is 0. The summed E-state index contributed by atoms with van der Waals surface area (Å²) < 4.78 is 24.4. The fourth-order valence-corrected chi connectivity index (χ4v) is 3.06. The van der Waals surface area contributed by atoms with E-state index in [1.165, 1.54) is 4.31 Å². The molecule has 0 saturated heterocycles. The van der Waals surface area contributed by atoms with Crippen LogP contribution in [0.4, 0.5) is 0 Å². The van der Waals surface area contributed by atoms with Gasteiger partial charge in [0.2, 0.25) is 10.0 Å². The lowest BCUT2D eigenvalue weighted by atomic mass is 10.3. The maximum Gasteiger partial charge on any atom is 0.216 e. The van der Waals surface area contributed by atoms with Crippen LogP contribution in [0.1, 0.15) is 19.3 Å². The molecule has 0 aliphatic heterocycles. The van der Waals surface area contributed by atoms with Gasteiger partial charge in [0.25, 0.3) is 0 Å². The van der Waals surface area contributed by atoms with Gasteiger partial charge in [-0.15, -0.1) is 0 Å². The predicted molar refractivity (Wildman–Crippen MR) is 48.2 cm³/mol. The number of hydrogen-bond donors (Lipinski definition) is 1. The van der Waals surface area contributed by atoms with E-state index in [0.717, 1.165) is 6.42 Å². The third-order valence-electron chi connectivity index (χ3n) is 2.36. The third kappa shape index (κ3) is 1.78. The monoisotopic (exact) mass is 192 g/mol. The van der Waals surface area contributed by atoms with Crippen LogP contribution in [0.15, 0.2) is 0 Å². The van der Waals surface area contributed by atoms with Gasteiger partial charge in [0.1, 0.15) is 0 Å². The number of sulfonamides is 1. The fraction of sp³-hybridized carbons (Fsp3) is 1.00. The van der Waals surface area contributed by atoms with Crippen molar-refractivity contribution in [2.24, 2.45) is 5.73 Å². The van der Waals surface area contributed by atoms with Crippen molar-refractivity contribution in [3.05, 3.63) is 0 Å². The maximum atomic E-state index is 11.5. The normalized spacial score (nSPS) is 31.3. The minimum Gasteiger partial charge on any atom is -0.328 e. The molecule has 1 fully saturated rings. The standard InChI is InChI=1S/C7H16N2O2S/c1-9(2)12(10,11)7-4-3-6(8)5-7/h6-7H,3-5,8H2,1-2H3/t6-,7+/m1/s1. The fourth-order valence-electron chi connectivity index (χ4n) is 1.54. The van der Waals surface area contributed by atoms with Crippen LogP contribution in [0.3, 0.4) is 0 Å². The molecule has 0 unspecified atom stereocenters. The Bertz CT molecular complexity index is 248. The first-order chi connectivity index (χ1) is 5.44. The Morgan fingerprint density at radius 2 is 1.92 bits per heavy atom. The van der Waals surface area contributed by atoms with Crippen molar-refractivity contribution >= 4 is 10.0 Å². The molecule has 2 N–H and O–H groups in total. The molecule has 72 valence electrons. The average Bonchev–Trinajstić information content (AvgIpc) is 2.35. The SMILES string of the molecule is CN(C)S(=O)(=O)[C@H]1CC[C@@H](N)C1. The molecule has 0 bridgehead atoms. The summed E-state index contributed by atoms with van der Waals surface area (Å²) in [6.07, 6.45) is 2.15. The topological polar surface area (TPSA) is 63.4 Å². The molecule has 12 heavy (non-hydrogen) atoms. The highest BCUT2D eigenvalue weighted by atomic mass is 32.2. The van der Waals surface area contributed by atoms with Crippen molar-refractivity contribution in [2.75, 3.05) is 14.1 Å². The van der Waals surface area contributed by atoms with Gasteiger partial charge in [0.05, 0.1) is 5.25 Å². The van der Waals surface area contributed by atoms with Crippen LogP contribution < -0.4 is 5.73 Å². The zero-order valence-corrected chi connectivity index (χ0v) is 8.34. The van der Waals surface area contributed by atoms with E-state index in [1.54, 1.807) is 14.1 Å². The molecule has 0 aromatic heterocycles. The van der Waals surface area contributed by atoms with Crippen LogP contribution >= 0.6 is 0 Å². The molecule has 1 aliphatic carbocycles. The van der Waals surface area contributed by atoms with Crippen LogP contribution in [0.25, 0.3) is 0 Å². The highest BCUT2D eigenvalue weighted by Crippen LogP contribution is 2.25. The van der Waals surface area contributed by atoms with E-state index in [2.05, 4.69) is 0 Å². The van der Waals surface area contributed by atoms with Crippen LogP contribution in [-0.4, -0.2) is 38.1 Å². The summed E-state index contributed by atoms with van der Waals surface area (Å²) in [7, 11) is 0.0811. The second-order valence-corrected chi connectivity index (χ2v) is 5.95. The number of hydrogen-bond acceptors (Lipinski definition) is 3. The van der Waals surface area contributed by atoms with Gasteiger partial charge in [-0.1, -0.05) is 0 Å². The Balaban J connectivity index is 2.71. The minimum absolute atomic E-state index is 0.0738. The Morgan fingerprint density at radius 1 is 1.33 bits per heavy atom. The van der Waals surface area contributed by atoms with Crippen molar-refractivity contribution in [3.63, 3.8) is 0 Å². The zero-order chi connectivity index (χ0) is 9.35.